The molecule has 1 fully saturated rings. The van der Waals surface area contributed by atoms with Crippen LogP contribution >= 0.6 is 0 Å². The molecule has 0 heterocycles. The smallest absolute Gasteiger partial charge is 0.0863 e. The number of hydrogen-bond donors (Lipinski definition) is 0. The Bertz CT molecular complexity index is 142. The predicted molar refractivity (Wildman–Crippen MR) is 45.1 cm³/mol. The van der Waals surface area contributed by atoms with Crippen LogP contribution in [0.2, 0.25) is 0 Å². The first-order valence-corrected chi connectivity index (χ1v) is 4.38. The van der Waals surface area contributed by atoms with Gasteiger partial charge in [-0.05, 0) is 25.8 Å². The summed E-state index contributed by atoms with van der Waals surface area (Å²) in [6.07, 6.45) is 5.53. The van der Waals surface area contributed by atoms with Gasteiger partial charge >= 0.3 is 0 Å². The fourth-order valence-electron chi connectivity index (χ4n) is 1.82. The second kappa shape index (κ2) is 4.35. The van der Waals surface area contributed by atoms with Gasteiger partial charge in [-0.1, -0.05) is 12.8 Å². The van der Waals surface area contributed by atoms with E-state index in [1.807, 2.05) is 7.05 Å². The van der Waals surface area contributed by atoms with E-state index in [-0.39, 0.29) is 0 Å². The van der Waals surface area contributed by atoms with E-state index in [0.717, 1.165) is 12.5 Å². The highest BCUT2D eigenvalue weighted by atomic mass is 15.1. The van der Waals surface area contributed by atoms with Crippen LogP contribution in [0.3, 0.4) is 0 Å². The minimum Gasteiger partial charge on any atom is -0.293 e. The summed E-state index contributed by atoms with van der Waals surface area (Å²) in [4.78, 5) is 2.12. The number of rotatable bonds is 3. The molecule has 0 N–H and O–H groups in total. The molecule has 1 rings (SSSR count). The molecule has 0 aliphatic heterocycles. The first-order valence-electron chi connectivity index (χ1n) is 4.38. The van der Waals surface area contributed by atoms with E-state index in [2.05, 4.69) is 11.0 Å². The van der Waals surface area contributed by atoms with Crippen LogP contribution in [0.15, 0.2) is 0 Å². The normalized spacial score (nSPS) is 19.0. The van der Waals surface area contributed by atoms with Crippen LogP contribution in [0.1, 0.15) is 25.7 Å². The first kappa shape index (κ1) is 8.55. The topological polar surface area (TPSA) is 27.0 Å². The van der Waals surface area contributed by atoms with E-state index >= 15 is 0 Å². The van der Waals surface area contributed by atoms with Crippen LogP contribution < -0.4 is 0 Å². The van der Waals surface area contributed by atoms with Gasteiger partial charge in [0.2, 0.25) is 0 Å². The van der Waals surface area contributed by atoms with Crippen molar-refractivity contribution in [1.29, 1.82) is 5.26 Å². The zero-order valence-corrected chi connectivity index (χ0v) is 7.21. The quantitative estimate of drug-likeness (QED) is 0.575. The van der Waals surface area contributed by atoms with Crippen molar-refractivity contribution >= 4 is 0 Å². The van der Waals surface area contributed by atoms with E-state index in [0.29, 0.717) is 6.54 Å². The van der Waals surface area contributed by atoms with E-state index in [1.54, 1.807) is 0 Å². The fraction of sp³-hybridized carbons (Fsp3) is 0.889. The average Bonchev–Trinajstić information content (AvgIpc) is 2.40. The van der Waals surface area contributed by atoms with Gasteiger partial charge in [0.25, 0.3) is 0 Å². The predicted octanol–water partition coefficient (Wildman–Crippen LogP) is 1.63. The van der Waals surface area contributed by atoms with E-state index in [9.17, 15) is 0 Å². The van der Waals surface area contributed by atoms with Crippen molar-refractivity contribution in [2.45, 2.75) is 25.7 Å². The Morgan fingerprint density at radius 3 is 2.64 bits per heavy atom. The van der Waals surface area contributed by atoms with Gasteiger partial charge in [-0.3, -0.25) is 4.90 Å². The lowest BCUT2D eigenvalue weighted by molar-refractivity contribution is 0.305. The van der Waals surface area contributed by atoms with Crippen molar-refractivity contribution in [3.05, 3.63) is 0 Å². The molecule has 0 atom stereocenters. The SMILES string of the molecule is CN(CC#N)CC1CCCC1. The molecule has 0 saturated heterocycles. The van der Waals surface area contributed by atoms with Crippen molar-refractivity contribution in [2.75, 3.05) is 20.1 Å². The molecular formula is C9H16N2. The van der Waals surface area contributed by atoms with Crippen LogP contribution in [0.25, 0.3) is 0 Å². The lowest BCUT2D eigenvalue weighted by Gasteiger charge is -2.16. The molecule has 1 aliphatic carbocycles. The highest BCUT2D eigenvalue weighted by Crippen LogP contribution is 2.24. The van der Waals surface area contributed by atoms with Gasteiger partial charge in [0.15, 0.2) is 0 Å². The second-order valence-corrected chi connectivity index (χ2v) is 3.51. The highest BCUT2D eigenvalue weighted by molar-refractivity contribution is 4.77. The van der Waals surface area contributed by atoms with Crippen molar-refractivity contribution in [1.82, 2.24) is 4.90 Å². The van der Waals surface area contributed by atoms with Crippen molar-refractivity contribution in [2.24, 2.45) is 5.92 Å². The van der Waals surface area contributed by atoms with E-state index in [1.165, 1.54) is 25.7 Å². The van der Waals surface area contributed by atoms with Gasteiger partial charge in [-0.25, -0.2) is 0 Å². The fourth-order valence-corrected chi connectivity index (χ4v) is 1.82. The molecule has 2 nitrogen and oxygen atoms in total. The number of nitriles is 1. The highest BCUT2D eigenvalue weighted by Gasteiger charge is 2.16. The van der Waals surface area contributed by atoms with Crippen LogP contribution in [0.4, 0.5) is 0 Å². The maximum Gasteiger partial charge on any atom is 0.0863 e. The maximum absolute atomic E-state index is 8.42. The lowest BCUT2D eigenvalue weighted by atomic mass is 10.1. The van der Waals surface area contributed by atoms with Gasteiger partial charge in [-0.15, -0.1) is 0 Å². The summed E-state index contributed by atoms with van der Waals surface area (Å²) in [6.45, 7) is 1.70. The molecule has 0 amide bonds. The maximum atomic E-state index is 8.42. The van der Waals surface area contributed by atoms with Gasteiger partial charge in [-0.2, -0.15) is 5.26 Å². The molecule has 0 radical (unpaired) electrons. The molecule has 0 unspecified atom stereocenters. The zero-order valence-electron chi connectivity index (χ0n) is 7.21. The monoisotopic (exact) mass is 152 g/mol. The summed E-state index contributed by atoms with van der Waals surface area (Å²) in [5.41, 5.74) is 0. The van der Waals surface area contributed by atoms with Crippen molar-refractivity contribution in [3.8, 4) is 6.07 Å². The standard InChI is InChI=1S/C9H16N2/c1-11(7-6-10)8-9-4-2-3-5-9/h9H,2-5,7-8H2,1H3. The second-order valence-electron chi connectivity index (χ2n) is 3.51. The van der Waals surface area contributed by atoms with Crippen LogP contribution in [-0.4, -0.2) is 25.0 Å². The van der Waals surface area contributed by atoms with Crippen LogP contribution in [0.5, 0.6) is 0 Å². The Morgan fingerprint density at radius 1 is 1.45 bits per heavy atom. The van der Waals surface area contributed by atoms with Crippen LogP contribution in [-0.2, 0) is 0 Å². The van der Waals surface area contributed by atoms with Gasteiger partial charge in [0.05, 0.1) is 12.6 Å². The Balaban J connectivity index is 2.14. The summed E-state index contributed by atoms with van der Waals surface area (Å²) >= 11 is 0. The third kappa shape index (κ3) is 2.90. The molecule has 0 aromatic heterocycles. The molecule has 0 aromatic carbocycles. The number of hydrogen-bond acceptors (Lipinski definition) is 2. The molecule has 2 heteroatoms. The van der Waals surface area contributed by atoms with Crippen LogP contribution in [0, 0.1) is 17.2 Å². The molecule has 0 bridgehead atoms. The third-order valence-electron chi connectivity index (χ3n) is 2.39. The Morgan fingerprint density at radius 2 is 2.09 bits per heavy atom. The summed E-state index contributed by atoms with van der Waals surface area (Å²) in [5.74, 6) is 0.869. The van der Waals surface area contributed by atoms with Gasteiger partial charge in [0.1, 0.15) is 0 Å². The van der Waals surface area contributed by atoms with Gasteiger partial charge in [0, 0.05) is 6.54 Å². The van der Waals surface area contributed by atoms with Crippen molar-refractivity contribution in [3.63, 3.8) is 0 Å². The largest absolute Gasteiger partial charge is 0.293 e. The summed E-state index contributed by atoms with van der Waals surface area (Å²) < 4.78 is 0. The van der Waals surface area contributed by atoms with E-state index in [4.69, 9.17) is 5.26 Å². The van der Waals surface area contributed by atoms with E-state index < -0.39 is 0 Å². The Kier molecular flexibility index (Phi) is 3.38. The minimum atomic E-state index is 0.580. The summed E-state index contributed by atoms with van der Waals surface area (Å²) in [7, 11) is 2.03. The summed E-state index contributed by atoms with van der Waals surface area (Å²) in [5, 5.41) is 8.42. The molecule has 0 aromatic rings. The molecule has 1 aliphatic rings. The number of nitrogens with zero attached hydrogens (tertiary/aromatic N) is 2. The molecular weight excluding hydrogens is 136 g/mol. The minimum absolute atomic E-state index is 0.580. The van der Waals surface area contributed by atoms with Crippen molar-refractivity contribution < 1.29 is 0 Å². The summed E-state index contributed by atoms with van der Waals surface area (Å²) in [6, 6.07) is 2.17. The molecule has 1 saturated carbocycles. The lowest BCUT2D eigenvalue weighted by Crippen LogP contribution is -2.24. The Hall–Kier alpha value is -0.550. The average molecular weight is 152 g/mol. The third-order valence-corrected chi connectivity index (χ3v) is 2.39. The zero-order chi connectivity index (χ0) is 8.10. The molecule has 0 spiro atoms. The Labute approximate surface area is 68.8 Å². The van der Waals surface area contributed by atoms with Gasteiger partial charge < -0.3 is 0 Å². The first-order chi connectivity index (χ1) is 5.33. The molecule has 11 heavy (non-hydrogen) atoms. The molecule has 62 valence electrons.